The summed E-state index contributed by atoms with van der Waals surface area (Å²) in [5.41, 5.74) is 2.63. The highest BCUT2D eigenvalue weighted by molar-refractivity contribution is 7.07. The molecule has 108 valence electrons. The molecule has 1 aromatic carbocycles. The lowest BCUT2D eigenvalue weighted by molar-refractivity contribution is -0.384. The van der Waals surface area contributed by atoms with E-state index in [1.165, 1.54) is 6.07 Å². The maximum Gasteiger partial charge on any atom is 0.285 e. The fourth-order valence-corrected chi connectivity index (χ4v) is 1.96. The van der Waals surface area contributed by atoms with Gasteiger partial charge in [0.15, 0.2) is 0 Å². The third kappa shape index (κ3) is 3.36. The molecule has 0 saturated carbocycles. The number of carbonyl (C=O) groups is 1. The molecule has 0 aliphatic carbocycles. The summed E-state index contributed by atoms with van der Waals surface area (Å²) >= 11 is 0.928. The fraction of sp³-hybridized carbons (Fsp3) is 0.0909. The molecule has 0 unspecified atom stereocenters. The van der Waals surface area contributed by atoms with E-state index < -0.39 is 10.8 Å². The van der Waals surface area contributed by atoms with E-state index in [0.29, 0.717) is 10.6 Å². The van der Waals surface area contributed by atoms with Crippen LogP contribution in [0.25, 0.3) is 0 Å². The van der Waals surface area contributed by atoms with Crippen LogP contribution in [0.5, 0.6) is 5.75 Å². The van der Waals surface area contributed by atoms with Gasteiger partial charge in [0, 0.05) is 17.7 Å². The molecule has 1 amide bonds. The number of phenolic OH excluding ortho intramolecular Hbond substituents is 1. The lowest BCUT2D eigenvalue weighted by Crippen LogP contribution is -2.17. The van der Waals surface area contributed by atoms with Gasteiger partial charge in [0.1, 0.15) is 10.6 Å². The van der Waals surface area contributed by atoms with Crippen LogP contribution in [-0.4, -0.2) is 31.7 Å². The summed E-state index contributed by atoms with van der Waals surface area (Å²) in [6, 6.07) is 3.49. The van der Waals surface area contributed by atoms with Gasteiger partial charge in [-0.05, 0) is 24.5 Å². The minimum absolute atomic E-state index is 0.114. The van der Waals surface area contributed by atoms with Crippen LogP contribution < -0.4 is 5.43 Å². The van der Waals surface area contributed by atoms with Crippen LogP contribution in [0.2, 0.25) is 0 Å². The molecule has 1 aromatic heterocycles. The molecule has 0 atom stereocenters. The Morgan fingerprint density at radius 2 is 2.33 bits per heavy atom. The number of carbonyl (C=O) groups excluding carboxylic acids is 1. The van der Waals surface area contributed by atoms with Crippen molar-refractivity contribution in [3.05, 3.63) is 44.4 Å². The van der Waals surface area contributed by atoms with Crippen molar-refractivity contribution in [3.8, 4) is 5.75 Å². The van der Waals surface area contributed by atoms with Gasteiger partial charge in [-0.3, -0.25) is 14.9 Å². The summed E-state index contributed by atoms with van der Waals surface area (Å²) < 4.78 is 3.62. The van der Waals surface area contributed by atoms with E-state index in [1.807, 2.05) is 0 Å². The number of amides is 1. The Morgan fingerprint density at radius 1 is 1.57 bits per heavy atom. The van der Waals surface area contributed by atoms with Crippen molar-refractivity contribution in [3.63, 3.8) is 0 Å². The number of aromatic hydroxyl groups is 1. The summed E-state index contributed by atoms with van der Waals surface area (Å²) in [5.74, 6) is -0.682. The Hall–Kier alpha value is -2.88. The highest BCUT2D eigenvalue weighted by Crippen LogP contribution is 2.21. The van der Waals surface area contributed by atoms with Crippen molar-refractivity contribution in [2.24, 2.45) is 5.10 Å². The number of benzene rings is 1. The highest BCUT2D eigenvalue weighted by atomic mass is 32.1. The first kappa shape index (κ1) is 14.5. The Kier molecular flexibility index (Phi) is 4.18. The predicted molar refractivity (Wildman–Crippen MR) is 74.5 cm³/mol. The summed E-state index contributed by atoms with van der Waals surface area (Å²) in [5, 5.41) is 27.5. The minimum atomic E-state index is -0.596. The average molecular weight is 307 g/mol. The molecule has 21 heavy (non-hydrogen) atoms. The Morgan fingerprint density at radius 3 is 2.95 bits per heavy atom. The molecule has 0 radical (unpaired) electrons. The number of nitro benzene ring substituents is 1. The second-order valence-corrected chi connectivity index (χ2v) is 4.64. The van der Waals surface area contributed by atoms with Crippen LogP contribution in [0.1, 0.15) is 20.9 Å². The fourth-order valence-electron chi connectivity index (χ4n) is 1.41. The van der Waals surface area contributed by atoms with E-state index >= 15 is 0 Å². The van der Waals surface area contributed by atoms with E-state index in [2.05, 4.69) is 20.1 Å². The molecule has 1 heterocycles. The molecule has 2 aromatic rings. The number of rotatable bonds is 4. The molecular weight excluding hydrogens is 298 g/mol. The molecule has 0 aliphatic heterocycles. The number of nitro groups is 1. The first-order valence-electron chi connectivity index (χ1n) is 5.59. The topological polar surface area (TPSA) is 131 Å². The largest absolute Gasteiger partial charge is 0.507 e. The number of hydrogen-bond donors (Lipinski definition) is 2. The van der Waals surface area contributed by atoms with Gasteiger partial charge in [-0.2, -0.15) is 5.10 Å². The molecule has 0 spiro atoms. The summed E-state index contributed by atoms with van der Waals surface area (Å²) in [4.78, 5) is 22.1. The van der Waals surface area contributed by atoms with Crippen LogP contribution in [0.15, 0.2) is 23.3 Å². The maximum atomic E-state index is 11.7. The summed E-state index contributed by atoms with van der Waals surface area (Å²) in [6.07, 6.45) is 1.12. The minimum Gasteiger partial charge on any atom is -0.507 e. The molecule has 9 nitrogen and oxygen atoms in total. The van der Waals surface area contributed by atoms with Gasteiger partial charge in [0.2, 0.25) is 0 Å². The number of hydrazone groups is 1. The zero-order chi connectivity index (χ0) is 15.4. The lowest BCUT2D eigenvalue weighted by Gasteiger charge is -1.99. The second kappa shape index (κ2) is 6.05. The van der Waals surface area contributed by atoms with E-state index in [-0.39, 0.29) is 17.0 Å². The van der Waals surface area contributed by atoms with Crippen LogP contribution in [0.3, 0.4) is 0 Å². The van der Waals surface area contributed by atoms with Gasteiger partial charge in [-0.1, -0.05) is 4.49 Å². The number of phenols is 1. The zero-order valence-electron chi connectivity index (χ0n) is 10.7. The van der Waals surface area contributed by atoms with Crippen molar-refractivity contribution >= 4 is 29.3 Å². The monoisotopic (exact) mass is 307 g/mol. The number of nitrogens with zero attached hydrogens (tertiary/aromatic N) is 4. The SMILES string of the molecule is Cc1nnsc1C(=O)N/N=C\c1cc([N+](=O)[O-])ccc1O. The van der Waals surface area contributed by atoms with E-state index in [4.69, 9.17) is 0 Å². The first-order chi connectivity index (χ1) is 9.99. The maximum absolute atomic E-state index is 11.7. The van der Waals surface area contributed by atoms with E-state index in [9.17, 15) is 20.0 Å². The van der Waals surface area contributed by atoms with Crippen LogP contribution in [0, 0.1) is 17.0 Å². The van der Waals surface area contributed by atoms with Gasteiger partial charge in [0.25, 0.3) is 11.6 Å². The van der Waals surface area contributed by atoms with Crippen molar-refractivity contribution in [1.82, 2.24) is 15.0 Å². The molecular formula is C11H9N5O4S. The highest BCUT2D eigenvalue weighted by Gasteiger charge is 2.12. The Bertz CT molecular complexity index is 727. The Balaban J connectivity index is 2.11. The quantitative estimate of drug-likeness (QED) is 0.496. The Labute approximate surface area is 122 Å². The number of aryl methyl sites for hydroxylation is 1. The normalized spacial score (nSPS) is 10.7. The van der Waals surface area contributed by atoms with Crippen LogP contribution >= 0.6 is 11.5 Å². The van der Waals surface area contributed by atoms with Crippen molar-refractivity contribution in [2.45, 2.75) is 6.92 Å². The van der Waals surface area contributed by atoms with E-state index in [1.54, 1.807) is 6.92 Å². The molecule has 0 bridgehead atoms. The van der Waals surface area contributed by atoms with Crippen molar-refractivity contribution in [1.29, 1.82) is 0 Å². The molecule has 2 rings (SSSR count). The smallest absolute Gasteiger partial charge is 0.285 e. The first-order valence-corrected chi connectivity index (χ1v) is 6.36. The number of non-ortho nitro benzene ring substituents is 1. The van der Waals surface area contributed by atoms with Gasteiger partial charge in [-0.15, -0.1) is 5.10 Å². The van der Waals surface area contributed by atoms with Gasteiger partial charge >= 0.3 is 0 Å². The third-order valence-corrected chi connectivity index (χ3v) is 3.28. The van der Waals surface area contributed by atoms with Crippen molar-refractivity contribution < 1.29 is 14.8 Å². The molecule has 0 fully saturated rings. The standard InChI is InChI=1S/C11H9N5O4S/c1-6-10(21-15-13-6)11(18)14-12-5-7-4-8(16(19)20)2-3-9(7)17/h2-5,17H,1H3,(H,14,18)/b12-5-. The zero-order valence-corrected chi connectivity index (χ0v) is 11.5. The van der Waals surface area contributed by atoms with Gasteiger partial charge in [0.05, 0.1) is 16.8 Å². The summed E-state index contributed by atoms with van der Waals surface area (Å²) in [7, 11) is 0. The van der Waals surface area contributed by atoms with E-state index in [0.717, 1.165) is 29.9 Å². The molecule has 0 aliphatic rings. The molecule has 0 saturated heterocycles. The van der Waals surface area contributed by atoms with Crippen molar-refractivity contribution in [2.75, 3.05) is 0 Å². The second-order valence-electron chi connectivity index (χ2n) is 3.89. The van der Waals surface area contributed by atoms with Crippen LogP contribution in [0.4, 0.5) is 5.69 Å². The molecule has 2 N–H and O–H groups in total. The predicted octanol–water partition coefficient (Wildman–Crippen LogP) is 1.22. The third-order valence-electron chi connectivity index (χ3n) is 2.45. The molecule has 10 heteroatoms. The van der Waals surface area contributed by atoms with Gasteiger partial charge in [-0.25, -0.2) is 5.43 Å². The average Bonchev–Trinajstić information content (AvgIpc) is 2.86. The van der Waals surface area contributed by atoms with Crippen LogP contribution in [-0.2, 0) is 0 Å². The number of aromatic nitrogens is 2. The summed E-state index contributed by atoms with van der Waals surface area (Å²) in [6.45, 7) is 1.63. The number of hydrogen-bond acceptors (Lipinski definition) is 8. The van der Waals surface area contributed by atoms with Gasteiger partial charge < -0.3 is 5.11 Å². The number of nitrogens with one attached hydrogen (secondary N) is 1. The lowest BCUT2D eigenvalue weighted by atomic mass is 10.2.